The Morgan fingerprint density at radius 2 is 1.91 bits per heavy atom. The molecule has 4 aromatic heterocycles. The summed E-state index contributed by atoms with van der Waals surface area (Å²) >= 11 is 0.829. The quantitative estimate of drug-likeness (QED) is 0.291. The van der Waals surface area contributed by atoms with Crippen molar-refractivity contribution in [3.05, 3.63) is 52.2 Å². The molecule has 0 saturated carbocycles. The number of piperidine rings is 1. The van der Waals surface area contributed by atoms with Gasteiger partial charge in [0, 0.05) is 44.0 Å². The van der Waals surface area contributed by atoms with Crippen molar-refractivity contribution in [3.63, 3.8) is 0 Å². The molecule has 0 aliphatic carbocycles. The molecule has 1 amide bonds. The first-order valence-electron chi connectivity index (χ1n) is 13.9. The largest absolute Gasteiger partial charge is 0.382 e. The van der Waals surface area contributed by atoms with E-state index in [4.69, 9.17) is 10.5 Å². The van der Waals surface area contributed by atoms with Crippen LogP contribution in [-0.4, -0.2) is 70.9 Å². The molecule has 0 unspecified atom stereocenters. The van der Waals surface area contributed by atoms with Crippen molar-refractivity contribution in [2.24, 2.45) is 5.41 Å². The van der Waals surface area contributed by atoms with Crippen LogP contribution < -0.4 is 20.9 Å². The number of thiophene rings is 1. The van der Waals surface area contributed by atoms with Crippen molar-refractivity contribution in [1.82, 2.24) is 24.9 Å². The van der Waals surface area contributed by atoms with Crippen LogP contribution in [0.1, 0.15) is 45.9 Å². The summed E-state index contributed by atoms with van der Waals surface area (Å²) in [4.78, 5) is 25.6. The summed E-state index contributed by atoms with van der Waals surface area (Å²) in [6.45, 7) is 3.71. The van der Waals surface area contributed by atoms with Crippen molar-refractivity contribution in [2.75, 3.05) is 54.9 Å². The third-order valence-corrected chi connectivity index (χ3v) is 9.45. The second kappa shape index (κ2) is 10.6. The zero-order valence-corrected chi connectivity index (χ0v) is 23.7. The van der Waals surface area contributed by atoms with Gasteiger partial charge in [-0.1, -0.05) is 0 Å². The van der Waals surface area contributed by atoms with E-state index in [1.807, 2.05) is 11.0 Å². The number of amides is 1. The number of aromatic nitrogens is 4. The van der Waals surface area contributed by atoms with E-state index < -0.39 is 12.9 Å². The Labute approximate surface area is 247 Å². The molecule has 15 heteroatoms. The van der Waals surface area contributed by atoms with Crippen LogP contribution in [-0.2, 0) is 4.74 Å². The number of nitrogen functional groups attached to an aromatic ring is 1. The van der Waals surface area contributed by atoms with Gasteiger partial charge in [0.05, 0.1) is 40.6 Å². The summed E-state index contributed by atoms with van der Waals surface area (Å²) < 4.78 is 61.0. The Balaban J connectivity index is 1.14. The van der Waals surface area contributed by atoms with Gasteiger partial charge in [-0.25, -0.2) is 27.1 Å². The SMILES string of the molecule is Nc1ncnn2c(-c3ccnc(C(F)F)c3)cc(N3CCC[C@@H](NC(=O)c4sc(C(F)F)cc4N4CC5(COC5)C4)C3)c12. The number of alkyl halides is 4. The Hall–Kier alpha value is -3.98. The third-order valence-electron chi connectivity index (χ3n) is 8.32. The molecule has 3 fully saturated rings. The molecule has 1 spiro atoms. The number of pyridine rings is 1. The number of fused-ring (bicyclic) bond motifs is 1. The van der Waals surface area contributed by atoms with Crippen LogP contribution in [0.15, 0.2) is 36.8 Å². The number of rotatable bonds is 7. The number of halogens is 4. The summed E-state index contributed by atoms with van der Waals surface area (Å²) in [6.07, 6.45) is -1.34. The van der Waals surface area contributed by atoms with Crippen LogP contribution in [0.25, 0.3) is 16.8 Å². The number of nitrogens with one attached hydrogen (secondary N) is 1. The van der Waals surface area contributed by atoms with Crippen molar-refractivity contribution in [3.8, 4) is 11.3 Å². The predicted octanol–water partition coefficient (Wildman–Crippen LogP) is 4.55. The molecule has 3 aliphatic rings. The summed E-state index contributed by atoms with van der Waals surface area (Å²) in [7, 11) is 0. The van der Waals surface area contributed by atoms with E-state index in [-0.39, 0.29) is 38.6 Å². The fraction of sp³-hybridized carbons (Fsp3) is 0.429. The molecule has 3 saturated heterocycles. The highest BCUT2D eigenvalue weighted by molar-refractivity contribution is 7.14. The van der Waals surface area contributed by atoms with Crippen molar-refractivity contribution in [2.45, 2.75) is 31.7 Å². The summed E-state index contributed by atoms with van der Waals surface area (Å²) in [5.41, 5.74) is 8.78. The van der Waals surface area contributed by atoms with Gasteiger partial charge in [0.15, 0.2) is 5.82 Å². The minimum atomic E-state index is -2.73. The van der Waals surface area contributed by atoms with Crippen molar-refractivity contribution < 1.29 is 27.1 Å². The van der Waals surface area contributed by atoms with Gasteiger partial charge in [-0.05, 0) is 37.1 Å². The van der Waals surface area contributed by atoms with Gasteiger partial charge in [-0.3, -0.25) is 9.78 Å². The number of hydrogen-bond acceptors (Lipinski definition) is 9. The van der Waals surface area contributed by atoms with E-state index in [2.05, 4.69) is 25.3 Å². The highest BCUT2D eigenvalue weighted by atomic mass is 32.1. The van der Waals surface area contributed by atoms with Crippen molar-refractivity contribution in [1.29, 1.82) is 0 Å². The molecule has 3 N–H and O–H groups in total. The smallest absolute Gasteiger partial charge is 0.280 e. The monoisotopic (exact) mass is 616 g/mol. The highest BCUT2D eigenvalue weighted by Crippen LogP contribution is 2.45. The Morgan fingerprint density at radius 1 is 1.09 bits per heavy atom. The first-order valence-corrected chi connectivity index (χ1v) is 14.7. The molecule has 1 atom stereocenters. The van der Waals surface area contributed by atoms with Gasteiger partial charge in [0.1, 0.15) is 22.4 Å². The molecule has 43 heavy (non-hydrogen) atoms. The molecular weight excluding hydrogens is 588 g/mol. The molecule has 7 rings (SSSR count). The van der Waals surface area contributed by atoms with E-state index in [1.165, 1.54) is 24.7 Å². The minimum absolute atomic E-state index is 0.0621. The Kier molecular flexibility index (Phi) is 6.88. The van der Waals surface area contributed by atoms with Crippen LogP contribution in [0.3, 0.4) is 0 Å². The lowest BCUT2D eigenvalue weighted by atomic mass is 9.78. The second-order valence-corrected chi connectivity index (χ2v) is 12.4. The first-order chi connectivity index (χ1) is 20.7. The van der Waals surface area contributed by atoms with Gasteiger partial charge in [-0.2, -0.15) is 5.10 Å². The van der Waals surface area contributed by atoms with E-state index in [0.29, 0.717) is 74.0 Å². The number of ether oxygens (including phenoxy) is 1. The fourth-order valence-electron chi connectivity index (χ4n) is 6.20. The topological polar surface area (TPSA) is 114 Å². The molecule has 3 aliphatic heterocycles. The number of hydrogen-bond donors (Lipinski definition) is 2. The average molecular weight is 617 g/mol. The molecule has 4 aromatic rings. The van der Waals surface area contributed by atoms with Crippen molar-refractivity contribution >= 4 is 40.0 Å². The molecule has 226 valence electrons. The normalized spacial score (nSPS) is 19.7. The number of nitrogens with two attached hydrogens (primary N) is 1. The zero-order chi connectivity index (χ0) is 29.9. The molecule has 10 nitrogen and oxygen atoms in total. The van der Waals surface area contributed by atoms with Gasteiger partial charge < -0.3 is 25.6 Å². The highest BCUT2D eigenvalue weighted by Gasteiger charge is 2.50. The maximum atomic E-state index is 13.7. The maximum absolute atomic E-state index is 13.7. The number of nitrogens with zero attached hydrogens (tertiary/aromatic N) is 6. The maximum Gasteiger partial charge on any atom is 0.280 e. The van der Waals surface area contributed by atoms with E-state index in [9.17, 15) is 22.4 Å². The first kappa shape index (κ1) is 27.8. The summed E-state index contributed by atoms with van der Waals surface area (Å²) in [6, 6.07) is 5.92. The molecule has 0 aromatic carbocycles. The molecule has 0 bridgehead atoms. The lowest BCUT2D eigenvalue weighted by Crippen LogP contribution is -2.66. The third kappa shape index (κ3) is 4.93. The number of carbonyl (C=O) groups excluding carboxylic acids is 1. The zero-order valence-electron chi connectivity index (χ0n) is 22.9. The fourth-order valence-corrected chi connectivity index (χ4v) is 7.14. The minimum Gasteiger partial charge on any atom is -0.382 e. The van der Waals surface area contributed by atoms with Gasteiger partial charge in [0.2, 0.25) is 0 Å². The van der Waals surface area contributed by atoms with Gasteiger partial charge in [0.25, 0.3) is 18.8 Å². The number of carbonyl (C=O) groups is 1. The van der Waals surface area contributed by atoms with E-state index in [0.717, 1.165) is 17.8 Å². The van der Waals surface area contributed by atoms with Gasteiger partial charge in [-0.15, -0.1) is 11.3 Å². The average Bonchev–Trinajstić information content (AvgIpc) is 3.56. The lowest BCUT2D eigenvalue weighted by Gasteiger charge is -2.56. The van der Waals surface area contributed by atoms with E-state index in [1.54, 1.807) is 10.6 Å². The van der Waals surface area contributed by atoms with Crippen LogP contribution in [0.4, 0.5) is 34.8 Å². The van der Waals surface area contributed by atoms with Crippen LogP contribution in [0.5, 0.6) is 0 Å². The second-order valence-electron chi connectivity index (χ2n) is 11.4. The summed E-state index contributed by atoms with van der Waals surface area (Å²) in [5, 5.41) is 7.41. The Bertz CT molecular complexity index is 1680. The summed E-state index contributed by atoms with van der Waals surface area (Å²) in [5.74, 6) is -0.163. The van der Waals surface area contributed by atoms with Crippen LogP contribution in [0.2, 0.25) is 0 Å². The van der Waals surface area contributed by atoms with Gasteiger partial charge >= 0.3 is 0 Å². The Morgan fingerprint density at radius 3 is 2.63 bits per heavy atom. The standard InChI is InChI=1S/C28H28F4N8O2S/c29-24(30)17-6-15(3-4-34-17)18-7-19(22-26(33)35-14-36-40(18)22)38-5-1-2-16(9-38)37-27(41)23-20(8-21(43-23)25(31)32)39-10-28(11-39)12-42-13-28/h3-4,6-8,14,16,24-25H,1-2,5,9-13H2,(H,37,41)(H2,33,35,36)/t16-/m1/s1. The molecule has 0 radical (unpaired) electrons. The van der Waals surface area contributed by atoms with E-state index >= 15 is 0 Å². The predicted molar refractivity (Wildman–Crippen MR) is 153 cm³/mol. The van der Waals surface area contributed by atoms with Crippen LogP contribution in [0, 0.1) is 5.41 Å². The number of anilines is 3. The van der Waals surface area contributed by atoms with Crippen LogP contribution >= 0.6 is 11.3 Å². The molecule has 7 heterocycles. The lowest BCUT2D eigenvalue weighted by molar-refractivity contribution is -0.127. The molecular formula is C28H28F4N8O2S.